The van der Waals surface area contributed by atoms with Crippen LogP contribution in [0.25, 0.3) is 10.8 Å². The van der Waals surface area contributed by atoms with Crippen LogP contribution in [-0.4, -0.2) is 27.1 Å². The van der Waals surface area contributed by atoms with Crippen LogP contribution in [0.15, 0.2) is 47.4 Å². The molecule has 2 heterocycles. The van der Waals surface area contributed by atoms with Gasteiger partial charge in [0, 0.05) is 23.5 Å². The molecule has 3 aromatic rings. The first-order valence-corrected chi connectivity index (χ1v) is 10.1. The highest BCUT2D eigenvalue weighted by atomic mass is 19.4. The Kier molecular flexibility index (Phi) is 4.39. The molecular weight excluding hydrogens is 409 g/mol. The van der Waals surface area contributed by atoms with Gasteiger partial charge in [-0.3, -0.25) is 14.6 Å². The van der Waals surface area contributed by atoms with Crippen LogP contribution < -0.4 is 10.9 Å². The van der Waals surface area contributed by atoms with E-state index in [1.165, 1.54) is 0 Å². The van der Waals surface area contributed by atoms with E-state index in [9.17, 15) is 22.8 Å². The first kappa shape index (κ1) is 19.7. The van der Waals surface area contributed by atoms with E-state index in [0.29, 0.717) is 11.6 Å². The number of halogens is 3. The van der Waals surface area contributed by atoms with Gasteiger partial charge in [-0.15, -0.1) is 0 Å². The monoisotopic (exact) mass is 428 g/mol. The Labute approximate surface area is 174 Å². The van der Waals surface area contributed by atoms with Gasteiger partial charge < -0.3 is 5.32 Å². The molecule has 2 fully saturated rings. The first-order valence-electron chi connectivity index (χ1n) is 10.1. The molecule has 2 aromatic heterocycles. The van der Waals surface area contributed by atoms with E-state index in [-0.39, 0.29) is 28.6 Å². The van der Waals surface area contributed by atoms with Crippen molar-refractivity contribution < 1.29 is 18.0 Å². The van der Waals surface area contributed by atoms with E-state index >= 15 is 0 Å². The fourth-order valence-corrected chi connectivity index (χ4v) is 5.00. The van der Waals surface area contributed by atoms with Crippen molar-refractivity contribution in [3.8, 4) is 0 Å². The third-order valence-electron chi connectivity index (χ3n) is 6.49. The number of carbonyl (C=O) groups excluding carboxylic acids is 1. The second-order valence-corrected chi connectivity index (χ2v) is 8.60. The van der Waals surface area contributed by atoms with Gasteiger partial charge in [0.2, 0.25) is 0 Å². The number of amides is 1. The fraction of sp³-hybridized carbons (Fsp3) is 0.364. The van der Waals surface area contributed by atoms with Crippen molar-refractivity contribution in [1.82, 2.24) is 20.5 Å². The molecule has 2 aliphatic carbocycles. The van der Waals surface area contributed by atoms with Crippen LogP contribution in [0.3, 0.4) is 0 Å². The van der Waals surface area contributed by atoms with E-state index in [1.54, 1.807) is 6.07 Å². The lowest BCUT2D eigenvalue weighted by atomic mass is 9.49. The number of fused-ring (bicyclic) bond motifs is 1. The molecule has 2 aliphatic rings. The Bertz CT molecular complexity index is 1210. The van der Waals surface area contributed by atoms with E-state index in [0.717, 1.165) is 48.9 Å². The minimum absolute atomic E-state index is 0.0159. The Morgan fingerprint density at radius 1 is 1.06 bits per heavy atom. The molecule has 2 saturated carbocycles. The summed E-state index contributed by atoms with van der Waals surface area (Å²) in [6, 6.07) is 9.37. The highest BCUT2D eigenvalue weighted by Gasteiger charge is 2.54. The molecule has 1 spiro atoms. The minimum Gasteiger partial charge on any atom is -0.348 e. The number of pyridine rings is 1. The zero-order valence-electron chi connectivity index (χ0n) is 16.4. The van der Waals surface area contributed by atoms with E-state index < -0.39 is 17.6 Å². The van der Waals surface area contributed by atoms with Gasteiger partial charge in [-0.25, -0.2) is 5.10 Å². The van der Waals surface area contributed by atoms with Crippen LogP contribution in [-0.2, 0) is 6.18 Å². The Morgan fingerprint density at radius 2 is 1.77 bits per heavy atom. The molecule has 0 bridgehead atoms. The van der Waals surface area contributed by atoms with Crippen molar-refractivity contribution >= 4 is 16.7 Å². The van der Waals surface area contributed by atoms with Gasteiger partial charge >= 0.3 is 6.18 Å². The summed E-state index contributed by atoms with van der Waals surface area (Å²) in [6.45, 7) is 0. The van der Waals surface area contributed by atoms with Gasteiger partial charge in [0.1, 0.15) is 5.69 Å². The second-order valence-electron chi connectivity index (χ2n) is 8.60. The summed E-state index contributed by atoms with van der Waals surface area (Å²) >= 11 is 0. The number of benzene rings is 1. The van der Waals surface area contributed by atoms with E-state index in [2.05, 4.69) is 20.5 Å². The molecule has 1 amide bonds. The zero-order valence-corrected chi connectivity index (χ0v) is 16.4. The fourth-order valence-electron chi connectivity index (χ4n) is 5.00. The summed E-state index contributed by atoms with van der Waals surface area (Å²) in [5, 5.41) is 11.2. The van der Waals surface area contributed by atoms with Crippen LogP contribution in [0.1, 0.15) is 53.3 Å². The molecule has 2 N–H and O–H groups in total. The average Bonchev–Trinajstić information content (AvgIpc) is 2.69. The predicted molar refractivity (Wildman–Crippen MR) is 106 cm³/mol. The van der Waals surface area contributed by atoms with Gasteiger partial charge in [0.05, 0.1) is 16.6 Å². The second kappa shape index (κ2) is 6.90. The maximum Gasteiger partial charge on any atom is 0.417 e. The molecule has 0 atom stereocenters. The summed E-state index contributed by atoms with van der Waals surface area (Å²) in [5.41, 5.74) is -0.0476. The predicted octanol–water partition coefficient (Wildman–Crippen LogP) is 3.79. The molecule has 0 aliphatic heterocycles. The molecule has 0 saturated heterocycles. The van der Waals surface area contributed by atoms with Crippen molar-refractivity contribution in [1.29, 1.82) is 0 Å². The third-order valence-corrected chi connectivity index (χ3v) is 6.49. The highest BCUT2D eigenvalue weighted by Crippen LogP contribution is 2.62. The van der Waals surface area contributed by atoms with E-state index in [4.69, 9.17) is 0 Å². The lowest BCUT2D eigenvalue weighted by Gasteiger charge is -2.57. The number of alkyl halides is 3. The molecule has 6 nitrogen and oxygen atoms in total. The summed E-state index contributed by atoms with van der Waals surface area (Å²) in [5.74, 6) is -0.201. The van der Waals surface area contributed by atoms with Crippen molar-refractivity contribution in [2.24, 2.45) is 5.41 Å². The number of carbonyl (C=O) groups is 1. The van der Waals surface area contributed by atoms with E-state index in [1.807, 2.05) is 18.2 Å². The molecule has 1 aromatic carbocycles. The summed E-state index contributed by atoms with van der Waals surface area (Å²) < 4.78 is 37.9. The number of nitrogens with zero attached hydrogens (tertiary/aromatic N) is 2. The summed E-state index contributed by atoms with van der Waals surface area (Å²) in [6.07, 6.45) is -0.305. The number of rotatable bonds is 3. The SMILES string of the molecule is O=C(NC1CC2(C1)CC(c1n[nH]c(=O)c3ccccc13)C2)c1ccc(C(F)(F)F)cn1. The number of H-pyrrole nitrogens is 1. The third kappa shape index (κ3) is 3.47. The van der Waals surface area contributed by atoms with Gasteiger partial charge in [-0.05, 0) is 49.3 Å². The van der Waals surface area contributed by atoms with Crippen LogP contribution in [0, 0.1) is 5.41 Å². The number of aromatic nitrogens is 3. The standard InChI is InChI=1S/C22H19F3N4O2/c23-22(24,25)13-5-6-17(26-11-13)20(31)27-14-9-21(10-14)7-12(8-21)18-15-3-1-2-4-16(15)19(30)29-28-18/h1-6,11-12,14H,7-10H2,(H,27,31)(H,29,30). The molecule has 0 radical (unpaired) electrons. The van der Waals surface area contributed by atoms with Crippen LogP contribution >= 0.6 is 0 Å². The molecule has 0 unspecified atom stereocenters. The average molecular weight is 428 g/mol. The van der Waals surface area contributed by atoms with Crippen LogP contribution in [0.2, 0.25) is 0 Å². The van der Waals surface area contributed by atoms with Crippen molar-refractivity contribution in [2.45, 2.75) is 43.8 Å². The molecule has 9 heteroatoms. The first-order chi connectivity index (χ1) is 14.7. The normalized spacial score (nSPS) is 25.1. The van der Waals surface area contributed by atoms with Gasteiger partial charge in [0.25, 0.3) is 11.5 Å². The van der Waals surface area contributed by atoms with Crippen molar-refractivity contribution in [2.75, 3.05) is 0 Å². The number of hydrogen-bond acceptors (Lipinski definition) is 4. The smallest absolute Gasteiger partial charge is 0.348 e. The Balaban J connectivity index is 1.19. The molecule has 5 rings (SSSR count). The quantitative estimate of drug-likeness (QED) is 0.665. The number of aromatic amines is 1. The molecule has 160 valence electrons. The Hall–Kier alpha value is -3.23. The highest BCUT2D eigenvalue weighted by molar-refractivity contribution is 5.92. The molecule has 31 heavy (non-hydrogen) atoms. The lowest BCUT2D eigenvalue weighted by Crippen LogP contribution is -2.55. The minimum atomic E-state index is -4.48. The van der Waals surface area contributed by atoms with Gasteiger partial charge in [-0.1, -0.05) is 18.2 Å². The largest absolute Gasteiger partial charge is 0.417 e. The maximum atomic E-state index is 12.6. The molecular formula is C22H19F3N4O2. The van der Waals surface area contributed by atoms with Crippen LogP contribution in [0.5, 0.6) is 0 Å². The topological polar surface area (TPSA) is 87.7 Å². The number of nitrogens with one attached hydrogen (secondary N) is 2. The van der Waals surface area contributed by atoms with Gasteiger partial charge in [0.15, 0.2) is 0 Å². The summed E-state index contributed by atoms with van der Waals surface area (Å²) in [7, 11) is 0. The van der Waals surface area contributed by atoms with Crippen molar-refractivity contribution in [3.63, 3.8) is 0 Å². The zero-order chi connectivity index (χ0) is 21.8. The van der Waals surface area contributed by atoms with Crippen molar-refractivity contribution in [3.05, 3.63) is 69.9 Å². The van der Waals surface area contributed by atoms with Crippen LogP contribution in [0.4, 0.5) is 13.2 Å². The Morgan fingerprint density at radius 3 is 2.42 bits per heavy atom. The number of hydrogen-bond donors (Lipinski definition) is 2. The maximum absolute atomic E-state index is 12.6. The summed E-state index contributed by atoms with van der Waals surface area (Å²) in [4.78, 5) is 27.9. The van der Waals surface area contributed by atoms with Gasteiger partial charge in [-0.2, -0.15) is 18.3 Å². The lowest BCUT2D eigenvalue weighted by molar-refractivity contribution is -0.137.